The van der Waals surface area contributed by atoms with Crippen molar-refractivity contribution in [1.29, 1.82) is 0 Å². The summed E-state index contributed by atoms with van der Waals surface area (Å²) < 4.78 is 0. The summed E-state index contributed by atoms with van der Waals surface area (Å²) in [5, 5.41) is 17.9. The van der Waals surface area contributed by atoms with E-state index in [1.54, 1.807) is 0 Å². The minimum atomic E-state index is -2.19. The van der Waals surface area contributed by atoms with Crippen molar-refractivity contribution in [3.8, 4) is 0 Å². The molecule has 8 heavy (non-hydrogen) atoms. The SMILES string of the molecule is O=C([O-])C(=O)[O-].[Cr+3].[Ni+2]. The summed E-state index contributed by atoms with van der Waals surface area (Å²) in [5.74, 6) is -4.37. The first kappa shape index (κ1) is 15.7. The second kappa shape index (κ2) is 6.97. The van der Waals surface area contributed by atoms with Crippen molar-refractivity contribution >= 4 is 11.9 Å². The molecule has 4 nitrogen and oxygen atoms in total. The molecule has 0 aromatic rings. The van der Waals surface area contributed by atoms with Crippen LogP contribution in [-0.4, -0.2) is 11.9 Å². The molecule has 0 saturated heterocycles. The average molecular weight is 199 g/mol. The molecule has 1 radical (unpaired) electrons. The van der Waals surface area contributed by atoms with E-state index >= 15 is 0 Å². The maximum Gasteiger partial charge on any atom is 3.00 e. The topological polar surface area (TPSA) is 80.3 Å². The maximum absolute atomic E-state index is 8.93. The molecule has 0 saturated carbocycles. The quantitative estimate of drug-likeness (QED) is 0.299. The first-order chi connectivity index (χ1) is 2.64. The predicted molar refractivity (Wildman–Crippen MR) is 10.0 cm³/mol. The summed E-state index contributed by atoms with van der Waals surface area (Å²) in [7, 11) is 0. The fourth-order valence-electron chi connectivity index (χ4n) is 0. The third kappa shape index (κ3) is 9.35. The standard InChI is InChI=1S/C2H2O4.Cr.Ni/c3-1(4)2(5)6;;/h(H,3,4)(H,5,6);;/q;+3;+2/p-2. The van der Waals surface area contributed by atoms with Crippen molar-refractivity contribution in [2.45, 2.75) is 0 Å². The Balaban J connectivity index is -0.000000125. The first-order valence-electron chi connectivity index (χ1n) is 1.07. The Hall–Kier alpha value is -0.0340. The van der Waals surface area contributed by atoms with Gasteiger partial charge in [0.1, 0.15) is 0 Å². The molecule has 0 spiro atoms. The van der Waals surface area contributed by atoms with Crippen LogP contribution in [0.3, 0.4) is 0 Å². The van der Waals surface area contributed by atoms with Gasteiger partial charge in [0.05, 0.1) is 11.9 Å². The van der Waals surface area contributed by atoms with Crippen LogP contribution in [0.15, 0.2) is 0 Å². The summed E-state index contributed by atoms with van der Waals surface area (Å²) in [6.45, 7) is 0. The molecule has 0 unspecified atom stereocenters. The molecule has 0 N–H and O–H groups in total. The summed E-state index contributed by atoms with van der Waals surface area (Å²) in [6.07, 6.45) is 0. The summed E-state index contributed by atoms with van der Waals surface area (Å²) >= 11 is 0. The van der Waals surface area contributed by atoms with Gasteiger partial charge in [0.2, 0.25) is 0 Å². The van der Waals surface area contributed by atoms with Crippen LogP contribution in [0, 0.1) is 0 Å². The number of aliphatic carboxylic acids is 2. The molecule has 0 bridgehead atoms. The Labute approximate surface area is 65.9 Å². The number of hydrogen-bond donors (Lipinski definition) is 0. The zero-order valence-corrected chi connectivity index (χ0v) is 5.62. The van der Waals surface area contributed by atoms with Crippen molar-refractivity contribution in [2.75, 3.05) is 0 Å². The zero-order chi connectivity index (χ0) is 5.15. The summed E-state index contributed by atoms with van der Waals surface area (Å²) in [6, 6.07) is 0. The number of carbonyl (C=O) groups is 2. The molecule has 0 aliphatic heterocycles. The Bertz CT molecular complexity index is 80.0. The van der Waals surface area contributed by atoms with Gasteiger partial charge in [0.25, 0.3) is 0 Å². The summed E-state index contributed by atoms with van der Waals surface area (Å²) in [4.78, 5) is 17.9. The zero-order valence-electron chi connectivity index (χ0n) is 3.36. The number of carbonyl (C=O) groups excluding carboxylic acids is 2. The van der Waals surface area contributed by atoms with Crippen LogP contribution < -0.4 is 10.2 Å². The molecule has 0 heterocycles. The van der Waals surface area contributed by atoms with Crippen LogP contribution in [0.1, 0.15) is 0 Å². The van der Waals surface area contributed by atoms with Gasteiger partial charge in [-0.3, -0.25) is 0 Å². The van der Waals surface area contributed by atoms with Crippen LogP contribution in [0.4, 0.5) is 0 Å². The second-order valence-electron chi connectivity index (χ2n) is 0.575. The van der Waals surface area contributed by atoms with E-state index < -0.39 is 11.9 Å². The van der Waals surface area contributed by atoms with Crippen LogP contribution >= 0.6 is 0 Å². The van der Waals surface area contributed by atoms with Gasteiger partial charge in [-0.15, -0.1) is 0 Å². The van der Waals surface area contributed by atoms with Crippen molar-refractivity contribution in [2.24, 2.45) is 0 Å². The molecular weight excluding hydrogens is 199 g/mol. The number of rotatable bonds is 0. The molecule has 0 fully saturated rings. The molecule has 45 valence electrons. The number of carboxylic acids is 2. The van der Waals surface area contributed by atoms with Gasteiger partial charge in [-0.1, -0.05) is 0 Å². The molecule has 0 amide bonds. The summed E-state index contributed by atoms with van der Waals surface area (Å²) in [5.41, 5.74) is 0. The smallest absolute Gasteiger partial charge is 0.543 e. The van der Waals surface area contributed by atoms with E-state index in [9.17, 15) is 0 Å². The minimum Gasteiger partial charge on any atom is -0.543 e. The fourth-order valence-corrected chi connectivity index (χ4v) is 0. The van der Waals surface area contributed by atoms with E-state index in [-0.39, 0.29) is 33.9 Å². The van der Waals surface area contributed by atoms with Gasteiger partial charge in [0, 0.05) is 0 Å². The number of hydrogen-bond acceptors (Lipinski definition) is 4. The van der Waals surface area contributed by atoms with E-state index in [1.807, 2.05) is 0 Å². The van der Waals surface area contributed by atoms with Gasteiger partial charge in [-0.05, 0) is 0 Å². The van der Waals surface area contributed by atoms with Crippen molar-refractivity contribution < 1.29 is 53.7 Å². The van der Waals surface area contributed by atoms with Gasteiger partial charge in [0.15, 0.2) is 0 Å². The maximum atomic E-state index is 8.93. The van der Waals surface area contributed by atoms with Crippen LogP contribution in [0.2, 0.25) is 0 Å². The first-order valence-corrected chi connectivity index (χ1v) is 1.07. The van der Waals surface area contributed by atoms with E-state index in [2.05, 4.69) is 0 Å². The molecule has 0 rings (SSSR count). The Morgan fingerprint density at radius 2 is 1.12 bits per heavy atom. The normalized spacial score (nSPS) is 5.50. The Morgan fingerprint density at radius 3 is 1.12 bits per heavy atom. The van der Waals surface area contributed by atoms with Crippen LogP contribution in [0.5, 0.6) is 0 Å². The van der Waals surface area contributed by atoms with E-state index in [0.717, 1.165) is 0 Å². The largest absolute Gasteiger partial charge is 3.00 e. The molecule has 6 heteroatoms. The predicted octanol–water partition coefficient (Wildman–Crippen LogP) is -3.52. The monoisotopic (exact) mass is 198 g/mol. The minimum absolute atomic E-state index is 0. The number of carboxylic acid groups (broad SMARTS) is 2. The fraction of sp³-hybridized carbons (Fsp3) is 0. The van der Waals surface area contributed by atoms with E-state index in [4.69, 9.17) is 19.8 Å². The van der Waals surface area contributed by atoms with E-state index in [0.29, 0.717) is 0 Å². The third-order valence-corrected chi connectivity index (χ3v) is 0.167. The van der Waals surface area contributed by atoms with Gasteiger partial charge >= 0.3 is 33.9 Å². The third-order valence-electron chi connectivity index (χ3n) is 0.167. The molecule has 0 aromatic carbocycles. The van der Waals surface area contributed by atoms with Crippen LogP contribution in [-0.2, 0) is 43.4 Å². The van der Waals surface area contributed by atoms with Crippen LogP contribution in [0.25, 0.3) is 0 Å². The Kier molecular flexibility index (Phi) is 13.6. The molecule has 0 atom stereocenters. The van der Waals surface area contributed by atoms with Gasteiger partial charge in [-0.25, -0.2) is 0 Å². The second-order valence-corrected chi connectivity index (χ2v) is 0.575. The molecular formula is C2CrNiO4+3. The Morgan fingerprint density at radius 1 is 1.00 bits per heavy atom. The molecule has 0 aliphatic carbocycles. The van der Waals surface area contributed by atoms with Crippen molar-refractivity contribution in [3.05, 3.63) is 0 Å². The molecule has 0 aliphatic rings. The van der Waals surface area contributed by atoms with E-state index in [1.165, 1.54) is 0 Å². The molecule has 0 aromatic heterocycles. The van der Waals surface area contributed by atoms with Gasteiger partial charge < -0.3 is 19.8 Å². The van der Waals surface area contributed by atoms with Crippen molar-refractivity contribution in [3.63, 3.8) is 0 Å². The van der Waals surface area contributed by atoms with Crippen molar-refractivity contribution in [1.82, 2.24) is 0 Å². The van der Waals surface area contributed by atoms with Gasteiger partial charge in [-0.2, -0.15) is 0 Å². The average Bonchev–Trinajstić information content (AvgIpc) is 1.36.